The predicted molar refractivity (Wildman–Crippen MR) is 127 cm³/mol. The Balaban J connectivity index is 1.26. The summed E-state index contributed by atoms with van der Waals surface area (Å²) < 4.78 is 22.8. The van der Waals surface area contributed by atoms with E-state index in [1.54, 1.807) is 0 Å². The highest BCUT2D eigenvalue weighted by molar-refractivity contribution is 5.79. The summed E-state index contributed by atoms with van der Waals surface area (Å²) in [5.74, 6) is -0.0389. The molecule has 4 rings (SSSR count). The minimum absolute atomic E-state index is 0.0134. The molecule has 0 bridgehead atoms. The van der Waals surface area contributed by atoms with Gasteiger partial charge in [-0.2, -0.15) is 0 Å². The molecule has 1 heterocycles. The molecule has 1 aliphatic heterocycles. The van der Waals surface area contributed by atoms with E-state index in [1.165, 1.54) is 29.2 Å². The van der Waals surface area contributed by atoms with Gasteiger partial charge >= 0.3 is 12.1 Å². The quantitative estimate of drug-likeness (QED) is 0.477. The number of rotatable bonds is 7. The van der Waals surface area contributed by atoms with E-state index in [2.05, 4.69) is 36.5 Å². The first-order chi connectivity index (χ1) is 16.4. The van der Waals surface area contributed by atoms with Crippen LogP contribution in [-0.2, 0) is 23.7 Å². The van der Waals surface area contributed by atoms with E-state index in [4.69, 9.17) is 18.9 Å². The summed E-state index contributed by atoms with van der Waals surface area (Å²) in [7, 11) is 0. The Hall–Kier alpha value is -2.90. The van der Waals surface area contributed by atoms with Crippen LogP contribution >= 0.6 is 0 Å². The van der Waals surface area contributed by atoms with Crippen molar-refractivity contribution in [3.05, 3.63) is 59.7 Å². The minimum atomic E-state index is -0.672. The molecule has 2 aliphatic rings. The van der Waals surface area contributed by atoms with E-state index >= 15 is 0 Å². The lowest BCUT2D eigenvalue weighted by Crippen LogP contribution is -2.51. The lowest BCUT2D eigenvalue weighted by Gasteiger charge is -2.42. The number of amides is 1. The molecule has 2 aromatic rings. The number of hydrogen-bond acceptors (Lipinski definition) is 6. The summed E-state index contributed by atoms with van der Waals surface area (Å²) in [6, 6.07) is 16.4. The van der Waals surface area contributed by atoms with E-state index in [0.717, 1.165) is 0 Å². The van der Waals surface area contributed by atoms with E-state index < -0.39 is 18.5 Å². The molecule has 1 fully saturated rings. The van der Waals surface area contributed by atoms with Gasteiger partial charge in [-0.3, -0.25) is 4.79 Å². The SMILES string of the molecule is CC(=O)OC1[C@H](OCCNC(=O)OCC2c3ccccc3-c3ccccc32)OC(C)[C@@H](C)[C@@H]1C. The number of esters is 1. The molecule has 1 N–H and O–H groups in total. The standard InChI is InChI=1S/C27H33NO6/c1-16-17(2)25(34-19(4)29)26(33-18(16)3)31-14-13-28-27(30)32-15-24-22-11-7-5-9-20(22)21-10-6-8-12-23(21)24/h5-12,16-18,24-26H,13-15H2,1-4H3,(H,28,30)/t16-,17-,18?,25?,26+/m0/s1. The van der Waals surface area contributed by atoms with Crippen molar-refractivity contribution in [1.29, 1.82) is 0 Å². The van der Waals surface area contributed by atoms with Crippen molar-refractivity contribution in [3.63, 3.8) is 0 Å². The number of nitrogens with one attached hydrogen (secondary N) is 1. The molecule has 7 heteroatoms. The summed E-state index contributed by atoms with van der Waals surface area (Å²) in [6.45, 7) is 8.18. The zero-order chi connectivity index (χ0) is 24.2. The fraction of sp³-hybridized carbons (Fsp3) is 0.481. The van der Waals surface area contributed by atoms with Gasteiger partial charge < -0.3 is 24.3 Å². The van der Waals surface area contributed by atoms with E-state index in [9.17, 15) is 9.59 Å². The lowest BCUT2D eigenvalue weighted by molar-refractivity contribution is -0.270. The Bertz CT molecular complexity index is 978. The van der Waals surface area contributed by atoms with Crippen molar-refractivity contribution in [1.82, 2.24) is 5.32 Å². The maximum Gasteiger partial charge on any atom is 0.407 e. The number of carbonyl (C=O) groups is 2. The van der Waals surface area contributed by atoms with Crippen molar-refractivity contribution < 1.29 is 28.5 Å². The molecule has 1 saturated heterocycles. The Kier molecular flexibility index (Phi) is 7.54. The maximum absolute atomic E-state index is 12.3. The van der Waals surface area contributed by atoms with Crippen LogP contribution in [0.5, 0.6) is 0 Å². The second kappa shape index (κ2) is 10.6. The molecule has 0 aromatic heterocycles. The summed E-state index contributed by atoms with van der Waals surface area (Å²) in [5, 5.41) is 2.73. The van der Waals surface area contributed by atoms with Gasteiger partial charge in [0, 0.05) is 25.3 Å². The number of ether oxygens (including phenoxy) is 4. The second-order valence-electron chi connectivity index (χ2n) is 9.12. The highest BCUT2D eigenvalue weighted by Crippen LogP contribution is 2.44. The normalized spacial score (nSPS) is 25.8. The molecule has 1 aliphatic carbocycles. The van der Waals surface area contributed by atoms with Crippen LogP contribution in [0.1, 0.15) is 44.7 Å². The van der Waals surface area contributed by atoms with Crippen LogP contribution in [0, 0.1) is 11.8 Å². The molecule has 1 amide bonds. The van der Waals surface area contributed by atoms with Gasteiger partial charge in [0.05, 0.1) is 12.7 Å². The van der Waals surface area contributed by atoms with Crippen LogP contribution in [0.2, 0.25) is 0 Å². The van der Waals surface area contributed by atoms with Gasteiger partial charge in [-0.05, 0) is 35.1 Å². The van der Waals surface area contributed by atoms with Crippen molar-refractivity contribution >= 4 is 12.1 Å². The molecule has 2 aromatic carbocycles. The minimum Gasteiger partial charge on any atom is -0.457 e. The molecule has 5 atom stereocenters. The van der Waals surface area contributed by atoms with Crippen LogP contribution in [0.3, 0.4) is 0 Å². The monoisotopic (exact) mass is 467 g/mol. The van der Waals surface area contributed by atoms with E-state index in [-0.39, 0.29) is 49.6 Å². The van der Waals surface area contributed by atoms with Gasteiger partial charge in [0.15, 0.2) is 12.4 Å². The van der Waals surface area contributed by atoms with Crippen molar-refractivity contribution in [2.45, 2.75) is 52.1 Å². The molecule has 2 unspecified atom stereocenters. The number of benzene rings is 2. The average Bonchev–Trinajstić information content (AvgIpc) is 3.15. The Morgan fingerprint density at radius 3 is 2.18 bits per heavy atom. The Morgan fingerprint density at radius 2 is 1.56 bits per heavy atom. The zero-order valence-electron chi connectivity index (χ0n) is 20.2. The van der Waals surface area contributed by atoms with Gasteiger partial charge in [0.1, 0.15) is 6.61 Å². The van der Waals surface area contributed by atoms with Crippen molar-refractivity contribution in [2.24, 2.45) is 11.8 Å². The summed E-state index contributed by atoms with van der Waals surface area (Å²) in [6.07, 6.45) is -1.68. The van der Waals surface area contributed by atoms with Crippen LogP contribution in [0.25, 0.3) is 11.1 Å². The predicted octanol–water partition coefficient (Wildman–Crippen LogP) is 4.49. The number of fused-ring (bicyclic) bond motifs is 3. The van der Waals surface area contributed by atoms with Crippen LogP contribution in [-0.4, -0.2) is 50.3 Å². The third-order valence-corrected chi connectivity index (χ3v) is 7.00. The van der Waals surface area contributed by atoms with Gasteiger partial charge in [-0.25, -0.2) is 4.79 Å². The molecule has 0 radical (unpaired) electrons. The topological polar surface area (TPSA) is 83.1 Å². The molecule has 0 spiro atoms. The molecule has 0 saturated carbocycles. The highest BCUT2D eigenvalue weighted by Gasteiger charge is 2.42. The van der Waals surface area contributed by atoms with E-state index in [0.29, 0.717) is 0 Å². The molecular weight excluding hydrogens is 434 g/mol. The summed E-state index contributed by atoms with van der Waals surface area (Å²) >= 11 is 0. The fourth-order valence-electron chi connectivity index (χ4n) is 4.85. The first-order valence-corrected chi connectivity index (χ1v) is 11.9. The number of hydrogen-bond donors (Lipinski definition) is 1. The summed E-state index contributed by atoms with van der Waals surface area (Å²) in [4.78, 5) is 23.9. The smallest absolute Gasteiger partial charge is 0.407 e. The largest absolute Gasteiger partial charge is 0.457 e. The van der Waals surface area contributed by atoms with Crippen LogP contribution in [0.4, 0.5) is 4.79 Å². The van der Waals surface area contributed by atoms with E-state index in [1.807, 2.05) is 38.1 Å². The lowest BCUT2D eigenvalue weighted by atomic mass is 9.84. The first kappa shape index (κ1) is 24.2. The Labute approximate surface area is 200 Å². The molecule has 182 valence electrons. The van der Waals surface area contributed by atoms with Gasteiger partial charge in [0.2, 0.25) is 0 Å². The molecule has 34 heavy (non-hydrogen) atoms. The number of alkyl carbamates (subject to hydrolysis) is 1. The van der Waals surface area contributed by atoms with Gasteiger partial charge in [-0.1, -0.05) is 62.4 Å². The second-order valence-corrected chi connectivity index (χ2v) is 9.12. The van der Waals surface area contributed by atoms with Gasteiger partial charge in [0.25, 0.3) is 0 Å². The van der Waals surface area contributed by atoms with Gasteiger partial charge in [-0.15, -0.1) is 0 Å². The average molecular weight is 468 g/mol. The fourth-order valence-corrected chi connectivity index (χ4v) is 4.85. The third kappa shape index (κ3) is 5.10. The zero-order valence-corrected chi connectivity index (χ0v) is 20.2. The maximum atomic E-state index is 12.3. The Morgan fingerprint density at radius 1 is 0.941 bits per heavy atom. The van der Waals surface area contributed by atoms with Crippen LogP contribution < -0.4 is 5.32 Å². The molecular formula is C27H33NO6. The third-order valence-electron chi connectivity index (χ3n) is 7.00. The van der Waals surface area contributed by atoms with Crippen molar-refractivity contribution in [3.8, 4) is 11.1 Å². The number of carbonyl (C=O) groups excluding carboxylic acids is 2. The first-order valence-electron chi connectivity index (χ1n) is 11.9. The van der Waals surface area contributed by atoms with Crippen LogP contribution in [0.15, 0.2) is 48.5 Å². The highest BCUT2D eigenvalue weighted by atomic mass is 16.7. The molecule has 7 nitrogen and oxygen atoms in total. The summed E-state index contributed by atoms with van der Waals surface area (Å²) in [5.41, 5.74) is 4.72. The van der Waals surface area contributed by atoms with Crippen molar-refractivity contribution in [2.75, 3.05) is 19.8 Å².